The van der Waals surface area contributed by atoms with E-state index in [9.17, 15) is 4.79 Å². The lowest BCUT2D eigenvalue weighted by molar-refractivity contribution is -0.120. The van der Waals surface area contributed by atoms with E-state index in [-0.39, 0.29) is 5.91 Å². The third kappa shape index (κ3) is 4.10. The number of rotatable bonds is 6. The SMILES string of the molecule is Cc1ccccc1CC(=O)NCCc1nn(C(C)C)c2c1COCC2. The maximum Gasteiger partial charge on any atom is 0.224 e. The van der Waals surface area contributed by atoms with Crippen molar-refractivity contribution in [1.29, 1.82) is 0 Å². The Labute approximate surface area is 149 Å². The number of amides is 1. The van der Waals surface area contributed by atoms with Gasteiger partial charge in [0, 0.05) is 36.7 Å². The first-order valence-electron chi connectivity index (χ1n) is 9.04. The molecule has 1 aromatic carbocycles. The first kappa shape index (κ1) is 17.7. The molecule has 1 aliphatic heterocycles. The number of hydrogen-bond donors (Lipinski definition) is 1. The van der Waals surface area contributed by atoms with E-state index < -0.39 is 0 Å². The number of hydrogen-bond acceptors (Lipinski definition) is 3. The normalized spacial score (nSPS) is 13.8. The number of carbonyl (C=O) groups excluding carboxylic acids is 1. The van der Waals surface area contributed by atoms with Crippen molar-refractivity contribution in [2.75, 3.05) is 13.2 Å². The molecule has 1 N–H and O–H groups in total. The van der Waals surface area contributed by atoms with E-state index in [2.05, 4.69) is 23.8 Å². The molecule has 0 spiro atoms. The van der Waals surface area contributed by atoms with Crippen LogP contribution in [0.2, 0.25) is 0 Å². The van der Waals surface area contributed by atoms with E-state index in [0.717, 1.165) is 36.3 Å². The summed E-state index contributed by atoms with van der Waals surface area (Å²) in [5.74, 6) is 0.0581. The average molecular weight is 341 g/mol. The van der Waals surface area contributed by atoms with E-state index >= 15 is 0 Å². The fraction of sp³-hybridized carbons (Fsp3) is 0.500. The second-order valence-electron chi connectivity index (χ2n) is 6.92. The van der Waals surface area contributed by atoms with Crippen LogP contribution in [-0.4, -0.2) is 28.8 Å². The number of aromatic nitrogens is 2. The van der Waals surface area contributed by atoms with Crippen LogP contribution in [0.1, 0.15) is 48.0 Å². The van der Waals surface area contributed by atoms with Gasteiger partial charge in [0.2, 0.25) is 5.91 Å². The molecule has 0 radical (unpaired) electrons. The van der Waals surface area contributed by atoms with E-state index in [0.29, 0.717) is 25.6 Å². The highest BCUT2D eigenvalue weighted by Crippen LogP contribution is 2.23. The van der Waals surface area contributed by atoms with Crippen LogP contribution >= 0.6 is 0 Å². The molecule has 2 aromatic rings. The summed E-state index contributed by atoms with van der Waals surface area (Å²) in [6.45, 7) is 8.33. The number of nitrogens with one attached hydrogen (secondary N) is 1. The van der Waals surface area contributed by atoms with E-state index in [1.165, 1.54) is 11.3 Å². The van der Waals surface area contributed by atoms with Gasteiger partial charge >= 0.3 is 0 Å². The molecule has 0 fully saturated rings. The second kappa shape index (κ2) is 7.83. The van der Waals surface area contributed by atoms with Gasteiger partial charge < -0.3 is 10.1 Å². The summed E-state index contributed by atoms with van der Waals surface area (Å²) in [7, 11) is 0. The highest BCUT2D eigenvalue weighted by Gasteiger charge is 2.22. The van der Waals surface area contributed by atoms with Gasteiger partial charge in [-0.3, -0.25) is 9.48 Å². The number of fused-ring (bicyclic) bond motifs is 1. The topological polar surface area (TPSA) is 56.2 Å². The Morgan fingerprint density at radius 1 is 1.36 bits per heavy atom. The van der Waals surface area contributed by atoms with Crippen LogP contribution in [0, 0.1) is 6.92 Å². The first-order valence-corrected chi connectivity index (χ1v) is 9.04. The molecule has 5 nitrogen and oxygen atoms in total. The Morgan fingerprint density at radius 2 is 2.16 bits per heavy atom. The summed E-state index contributed by atoms with van der Waals surface area (Å²) in [5, 5.41) is 7.79. The zero-order chi connectivity index (χ0) is 17.8. The molecule has 1 aliphatic rings. The lowest BCUT2D eigenvalue weighted by atomic mass is 10.1. The van der Waals surface area contributed by atoms with Gasteiger partial charge in [0.05, 0.1) is 25.3 Å². The fourth-order valence-corrected chi connectivity index (χ4v) is 3.32. The fourth-order valence-electron chi connectivity index (χ4n) is 3.32. The maximum absolute atomic E-state index is 12.2. The van der Waals surface area contributed by atoms with Gasteiger partial charge in [0.25, 0.3) is 0 Å². The van der Waals surface area contributed by atoms with Gasteiger partial charge in [-0.05, 0) is 31.9 Å². The largest absolute Gasteiger partial charge is 0.376 e. The van der Waals surface area contributed by atoms with Gasteiger partial charge in [0.1, 0.15) is 0 Å². The Hall–Kier alpha value is -2.14. The van der Waals surface area contributed by atoms with Crippen molar-refractivity contribution in [1.82, 2.24) is 15.1 Å². The van der Waals surface area contributed by atoms with Gasteiger partial charge in [-0.15, -0.1) is 0 Å². The van der Waals surface area contributed by atoms with Gasteiger partial charge in [-0.2, -0.15) is 5.10 Å². The zero-order valence-electron chi connectivity index (χ0n) is 15.3. The van der Waals surface area contributed by atoms with Gasteiger partial charge in [-0.25, -0.2) is 0 Å². The van der Waals surface area contributed by atoms with Crippen LogP contribution in [0.15, 0.2) is 24.3 Å². The van der Waals surface area contributed by atoms with Gasteiger partial charge in [-0.1, -0.05) is 24.3 Å². The molecule has 3 rings (SSSR count). The molecule has 1 aromatic heterocycles. The lowest BCUT2D eigenvalue weighted by Gasteiger charge is -2.16. The molecule has 0 bridgehead atoms. The number of aryl methyl sites for hydroxylation is 1. The monoisotopic (exact) mass is 341 g/mol. The van der Waals surface area contributed by atoms with Crippen LogP contribution in [0.3, 0.4) is 0 Å². The molecular weight excluding hydrogens is 314 g/mol. The van der Waals surface area contributed by atoms with Crippen molar-refractivity contribution in [3.05, 3.63) is 52.3 Å². The maximum atomic E-state index is 12.2. The summed E-state index contributed by atoms with van der Waals surface area (Å²) < 4.78 is 7.72. The smallest absolute Gasteiger partial charge is 0.224 e. The molecule has 0 unspecified atom stereocenters. The predicted octanol–water partition coefficient (Wildman–Crippen LogP) is 2.75. The third-order valence-corrected chi connectivity index (χ3v) is 4.72. The number of nitrogens with zero attached hydrogens (tertiary/aromatic N) is 2. The Bertz CT molecular complexity index is 749. The van der Waals surface area contributed by atoms with Crippen LogP contribution in [0.4, 0.5) is 0 Å². The van der Waals surface area contributed by atoms with Crippen molar-refractivity contribution in [3.63, 3.8) is 0 Å². The van der Waals surface area contributed by atoms with Crippen molar-refractivity contribution >= 4 is 5.91 Å². The van der Waals surface area contributed by atoms with Crippen molar-refractivity contribution in [3.8, 4) is 0 Å². The second-order valence-corrected chi connectivity index (χ2v) is 6.92. The highest BCUT2D eigenvalue weighted by atomic mass is 16.5. The summed E-state index contributed by atoms with van der Waals surface area (Å²) >= 11 is 0. The molecule has 0 aliphatic carbocycles. The zero-order valence-corrected chi connectivity index (χ0v) is 15.3. The number of ether oxygens (including phenoxy) is 1. The van der Waals surface area contributed by atoms with Gasteiger partial charge in [0.15, 0.2) is 0 Å². The van der Waals surface area contributed by atoms with E-state index in [1.54, 1.807) is 0 Å². The average Bonchev–Trinajstić information content (AvgIpc) is 2.96. The van der Waals surface area contributed by atoms with Crippen LogP contribution in [0.25, 0.3) is 0 Å². The molecule has 0 saturated heterocycles. The molecule has 0 saturated carbocycles. The minimum absolute atomic E-state index is 0.0581. The molecule has 0 atom stereocenters. The summed E-state index contributed by atoms with van der Waals surface area (Å²) in [6, 6.07) is 8.35. The first-order chi connectivity index (χ1) is 12.1. The summed E-state index contributed by atoms with van der Waals surface area (Å²) in [6.07, 6.45) is 2.08. The van der Waals surface area contributed by atoms with Crippen molar-refractivity contribution < 1.29 is 9.53 Å². The lowest BCUT2D eigenvalue weighted by Crippen LogP contribution is -2.27. The minimum atomic E-state index is 0.0581. The molecule has 5 heteroatoms. The molecule has 1 amide bonds. The molecule has 25 heavy (non-hydrogen) atoms. The Kier molecular flexibility index (Phi) is 5.53. The number of carbonyl (C=O) groups is 1. The Morgan fingerprint density at radius 3 is 2.92 bits per heavy atom. The molecular formula is C20H27N3O2. The van der Waals surface area contributed by atoms with E-state index in [1.807, 2.05) is 31.2 Å². The summed E-state index contributed by atoms with van der Waals surface area (Å²) in [5.41, 5.74) is 5.80. The quantitative estimate of drug-likeness (QED) is 0.879. The van der Waals surface area contributed by atoms with E-state index in [4.69, 9.17) is 9.84 Å². The Balaban J connectivity index is 1.59. The van der Waals surface area contributed by atoms with Crippen LogP contribution in [0.5, 0.6) is 0 Å². The molecule has 134 valence electrons. The van der Waals surface area contributed by atoms with Crippen molar-refractivity contribution in [2.45, 2.75) is 52.7 Å². The summed E-state index contributed by atoms with van der Waals surface area (Å²) in [4.78, 5) is 12.2. The predicted molar refractivity (Wildman–Crippen MR) is 97.6 cm³/mol. The highest BCUT2D eigenvalue weighted by molar-refractivity contribution is 5.78. The van der Waals surface area contributed by atoms with Crippen LogP contribution in [-0.2, 0) is 35.4 Å². The number of benzene rings is 1. The third-order valence-electron chi connectivity index (χ3n) is 4.72. The molecule has 2 heterocycles. The van der Waals surface area contributed by atoms with Crippen molar-refractivity contribution in [2.24, 2.45) is 0 Å². The standard InChI is InChI=1S/C20H27N3O2/c1-14(2)23-19-9-11-25-13-17(19)18(22-23)8-10-21-20(24)12-16-7-5-4-6-15(16)3/h4-7,14H,8-13H2,1-3H3,(H,21,24). The minimum Gasteiger partial charge on any atom is -0.376 e. The van der Waals surface area contributed by atoms with Crippen LogP contribution < -0.4 is 5.32 Å².